The number of hydrogen-bond donors (Lipinski definition) is 0. The average molecular weight is 156 g/mol. The van der Waals surface area contributed by atoms with Gasteiger partial charge in [-0.25, -0.2) is 0 Å². The smallest absolute Gasteiger partial charge is 0.179 e. The molecule has 0 amide bonds. The number of hydrogen-bond acceptors (Lipinski definition) is 0. The fourth-order valence-corrected chi connectivity index (χ4v) is 3.37. The van der Waals surface area contributed by atoms with Gasteiger partial charge in [0, 0.05) is 27.7 Å². The second-order valence-corrected chi connectivity index (χ2v) is 5.51. The largest absolute Gasteiger partial charge is 0.238 e. The third kappa shape index (κ3) is 0.354. The van der Waals surface area contributed by atoms with Gasteiger partial charge in [0.2, 0.25) is 18.0 Å². The molecule has 3 aliphatic heterocycles. The van der Waals surface area contributed by atoms with Crippen LogP contribution in [0.4, 0.5) is 0 Å². The van der Waals surface area contributed by atoms with E-state index in [0.717, 1.165) is 0 Å². The van der Waals surface area contributed by atoms with Crippen LogP contribution in [0.15, 0.2) is 0 Å². The molecule has 3 saturated heterocycles. The zero-order valence-electron chi connectivity index (χ0n) is 8.60. The molecule has 2 bridgehead atoms. The van der Waals surface area contributed by atoms with Gasteiger partial charge in [-0.2, -0.15) is 8.97 Å². The van der Waals surface area contributed by atoms with Gasteiger partial charge in [0.15, 0.2) is 0 Å². The van der Waals surface area contributed by atoms with E-state index < -0.39 is 0 Å². The Bertz CT molecular complexity index is 192. The topological polar surface area (TPSA) is 0 Å². The van der Waals surface area contributed by atoms with Crippen LogP contribution in [0, 0.1) is 0 Å². The van der Waals surface area contributed by atoms with Gasteiger partial charge >= 0.3 is 0 Å². The zero-order chi connectivity index (χ0) is 8.71. The first-order valence-electron chi connectivity index (χ1n) is 4.42. The molecule has 0 atom stereocenters. The maximum Gasteiger partial charge on any atom is 0.238 e. The highest BCUT2D eigenvalue weighted by Crippen LogP contribution is 2.66. The molecule has 3 fully saturated rings. The fraction of sp³-hybridized carbons (Fsp3) is 1.00. The second-order valence-electron chi connectivity index (χ2n) is 5.51. The van der Waals surface area contributed by atoms with E-state index in [4.69, 9.17) is 0 Å². The van der Waals surface area contributed by atoms with E-state index in [1.165, 1.54) is 15.6 Å². The molecule has 0 aromatic rings. The second kappa shape index (κ2) is 1.27. The van der Waals surface area contributed by atoms with Gasteiger partial charge in [0.05, 0.1) is 14.1 Å². The zero-order valence-corrected chi connectivity index (χ0v) is 8.60. The van der Waals surface area contributed by atoms with E-state index in [0.29, 0.717) is 11.3 Å². The van der Waals surface area contributed by atoms with Gasteiger partial charge in [-0.3, -0.25) is 0 Å². The van der Waals surface area contributed by atoms with Crippen molar-refractivity contribution in [2.45, 2.75) is 39.0 Å². The van der Waals surface area contributed by atoms with Gasteiger partial charge in [-0.1, -0.05) is 0 Å². The monoisotopic (exact) mass is 156 g/mol. The lowest BCUT2D eigenvalue weighted by Crippen LogP contribution is -3.11. The average Bonchev–Trinajstić information content (AvgIpc) is 1.88. The van der Waals surface area contributed by atoms with Gasteiger partial charge in [0.1, 0.15) is 0 Å². The van der Waals surface area contributed by atoms with Crippen molar-refractivity contribution in [2.24, 2.45) is 0 Å². The first-order chi connectivity index (χ1) is 4.71. The summed E-state index contributed by atoms with van der Waals surface area (Å²) >= 11 is 0. The molecule has 0 spiro atoms. The maximum absolute atomic E-state index is 2.38. The summed E-state index contributed by atoms with van der Waals surface area (Å²) in [6, 6.07) is 0. The molecule has 3 aliphatic rings. The highest BCUT2D eigenvalue weighted by Gasteiger charge is 2.93. The van der Waals surface area contributed by atoms with Crippen molar-refractivity contribution in [1.29, 1.82) is 0 Å². The minimum Gasteiger partial charge on any atom is -0.179 e. The third-order valence-corrected chi connectivity index (χ3v) is 5.40. The Kier molecular flexibility index (Phi) is 0.874. The summed E-state index contributed by atoms with van der Waals surface area (Å²) in [5.41, 5.74) is 0.924. The molecular weight excluding hydrogens is 136 g/mol. The predicted molar refractivity (Wildman–Crippen MR) is 45.4 cm³/mol. The summed E-state index contributed by atoms with van der Waals surface area (Å²) < 4.78 is 2.49. The highest BCUT2D eigenvalue weighted by molar-refractivity contribution is 4.86. The van der Waals surface area contributed by atoms with Crippen LogP contribution >= 0.6 is 0 Å². The number of rotatable bonds is 0. The van der Waals surface area contributed by atoms with Gasteiger partial charge in [0.25, 0.3) is 0 Å². The van der Waals surface area contributed by atoms with Crippen molar-refractivity contribution in [3.8, 4) is 0 Å². The van der Waals surface area contributed by atoms with Gasteiger partial charge in [-0.05, 0) is 0 Å². The van der Waals surface area contributed by atoms with E-state index in [-0.39, 0.29) is 0 Å². The minimum atomic E-state index is 0.462. The van der Waals surface area contributed by atoms with Crippen LogP contribution in [0.5, 0.6) is 0 Å². The lowest BCUT2D eigenvalue weighted by molar-refractivity contribution is -1.51. The molecule has 2 heteroatoms. The summed E-state index contributed by atoms with van der Waals surface area (Å²) in [5, 5.41) is 0. The molecule has 3 heterocycles. The van der Waals surface area contributed by atoms with Crippen LogP contribution in [0.1, 0.15) is 27.7 Å². The molecule has 0 saturated carbocycles. The van der Waals surface area contributed by atoms with Crippen molar-refractivity contribution >= 4 is 0 Å². The summed E-state index contributed by atoms with van der Waals surface area (Å²) in [6.07, 6.45) is 0. The van der Waals surface area contributed by atoms with Crippen LogP contribution in [0.3, 0.4) is 0 Å². The summed E-state index contributed by atoms with van der Waals surface area (Å²) in [5.74, 6) is 0. The molecule has 0 aromatic carbocycles. The van der Waals surface area contributed by atoms with Crippen molar-refractivity contribution in [3.63, 3.8) is 0 Å². The van der Waals surface area contributed by atoms with Crippen molar-refractivity contribution in [3.05, 3.63) is 0 Å². The standard InChI is InChI=1S/C9H20N2/c1-8(2)10(5)7-11(8,6)9(10,3)4/h7H2,1-6H3/q+2. The minimum absolute atomic E-state index is 0.462. The Morgan fingerprint density at radius 1 is 0.818 bits per heavy atom. The summed E-state index contributed by atoms with van der Waals surface area (Å²) in [6.45, 7) is 10.8. The van der Waals surface area contributed by atoms with Crippen LogP contribution in [-0.4, -0.2) is 41.1 Å². The van der Waals surface area contributed by atoms with Crippen LogP contribution in [0.2, 0.25) is 0 Å². The quantitative estimate of drug-likeness (QED) is 0.464. The molecule has 0 N–H and O–H groups in total. The molecule has 0 aliphatic carbocycles. The highest BCUT2D eigenvalue weighted by atomic mass is 15.9. The van der Waals surface area contributed by atoms with E-state index in [1.807, 2.05) is 0 Å². The number of nitrogens with zero attached hydrogens (tertiary/aromatic N) is 2. The Balaban J connectivity index is 2.43. The Morgan fingerprint density at radius 2 is 1.09 bits per heavy atom. The molecule has 0 radical (unpaired) electrons. The first-order valence-corrected chi connectivity index (χ1v) is 4.42. The van der Waals surface area contributed by atoms with Crippen molar-refractivity contribution < 1.29 is 8.97 Å². The van der Waals surface area contributed by atoms with E-state index in [1.54, 1.807) is 0 Å². The van der Waals surface area contributed by atoms with Crippen LogP contribution < -0.4 is 0 Å². The van der Waals surface area contributed by atoms with E-state index >= 15 is 0 Å². The Labute approximate surface area is 69.6 Å². The maximum atomic E-state index is 2.38. The van der Waals surface area contributed by atoms with Crippen LogP contribution in [-0.2, 0) is 0 Å². The lowest BCUT2D eigenvalue weighted by atomic mass is 9.76. The van der Waals surface area contributed by atoms with Gasteiger partial charge < -0.3 is 0 Å². The molecule has 64 valence electrons. The van der Waals surface area contributed by atoms with Crippen LogP contribution in [0.25, 0.3) is 0 Å². The molecule has 0 aromatic heterocycles. The molecule has 0 unspecified atom stereocenters. The summed E-state index contributed by atoms with van der Waals surface area (Å²) in [4.78, 5) is 0. The lowest BCUT2D eigenvalue weighted by Gasteiger charge is -2.84. The summed E-state index contributed by atoms with van der Waals surface area (Å²) in [7, 11) is 4.76. The fourth-order valence-electron chi connectivity index (χ4n) is 3.37. The normalized spacial score (nSPS) is 56.2. The van der Waals surface area contributed by atoms with Gasteiger partial charge in [-0.15, -0.1) is 0 Å². The van der Waals surface area contributed by atoms with Crippen molar-refractivity contribution in [1.82, 2.24) is 0 Å². The van der Waals surface area contributed by atoms with E-state index in [2.05, 4.69) is 41.8 Å². The molecule has 3 rings (SSSR count). The predicted octanol–water partition coefficient (Wildman–Crippen LogP) is 1.34. The Hall–Kier alpha value is -0.0800. The molecular formula is C9H20N2+2. The first kappa shape index (κ1) is 7.56. The number of quaternary nitrogens is 2. The Morgan fingerprint density at radius 3 is 1.18 bits per heavy atom. The molecule has 11 heavy (non-hydrogen) atoms. The van der Waals surface area contributed by atoms with E-state index in [9.17, 15) is 0 Å². The SMILES string of the molecule is CC1(C)[N+]2(C)C[N+]1(C)C2(C)C. The third-order valence-electron chi connectivity index (χ3n) is 5.40. The molecule has 2 nitrogen and oxygen atoms in total. The van der Waals surface area contributed by atoms with Crippen molar-refractivity contribution in [2.75, 3.05) is 20.8 Å².